The topological polar surface area (TPSA) is 20.2 Å². The van der Waals surface area contributed by atoms with Gasteiger partial charge in [-0.3, -0.25) is 0 Å². The molecule has 90 valence electrons. The highest BCUT2D eigenvalue weighted by Crippen LogP contribution is 2.22. The summed E-state index contributed by atoms with van der Waals surface area (Å²) in [6.07, 6.45) is 9.21. The lowest BCUT2D eigenvalue weighted by molar-refractivity contribution is 0.337. The van der Waals surface area contributed by atoms with Gasteiger partial charge in [0.15, 0.2) is 0 Å². The van der Waals surface area contributed by atoms with Gasteiger partial charge in [-0.25, -0.2) is 0 Å². The normalized spacial score (nSPS) is 17.9. The number of hydrogen-bond acceptors (Lipinski definition) is 1. The van der Waals surface area contributed by atoms with Crippen LogP contribution >= 0.6 is 0 Å². The summed E-state index contributed by atoms with van der Waals surface area (Å²) >= 11 is 0. The van der Waals surface area contributed by atoms with E-state index in [0.29, 0.717) is 5.92 Å². The van der Waals surface area contributed by atoms with E-state index in [1.54, 1.807) is 0 Å². The van der Waals surface area contributed by atoms with Crippen LogP contribution in [-0.2, 0) is 0 Å². The highest BCUT2D eigenvalue weighted by Gasteiger charge is 2.10. The van der Waals surface area contributed by atoms with Crippen LogP contribution in [0.3, 0.4) is 0 Å². The van der Waals surface area contributed by atoms with Gasteiger partial charge < -0.3 is 5.11 Å². The third-order valence-electron chi connectivity index (χ3n) is 2.93. The summed E-state index contributed by atoms with van der Waals surface area (Å²) in [5.41, 5.74) is 0. The van der Waals surface area contributed by atoms with Crippen LogP contribution < -0.4 is 0 Å². The van der Waals surface area contributed by atoms with Gasteiger partial charge in [-0.15, -0.1) is 0 Å². The highest BCUT2D eigenvalue weighted by molar-refractivity contribution is 4.86. The van der Waals surface area contributed by atoms with Crippen LogP contribution in [0.15, 0.2) is 12.2 Å². The van der Waals surface area contributed by atoms with Crippen LogP contribution in [0.5, 0.6) is 0 Å². The van der Waals surface area contributed by atoms with Crippen LogP contribution in [0.25, 0.3) is 0 Å². The van der Waals surface area contributed by atoms with Gasteiger partial charge in [-0.2, -0.15) is 0 Å². The van der Waals surface area contributed by atoms with Crippen molar-refractivity contribution >= 4 is 0 Å². The Labute approximate surface area is 95.6 Å². The van der Waals surface area contributed by atoms with Gasteiger partial charge in [0.05, 0.1) is 6.61 Å². The molecule has 0 bridgehead atoms. The first kappa shape index (κ1) is 14.7. The summed E-state index contributed by atoms with van der Waals surface area (Å²) in [7, 11) is 0. The number of rotatable bonds is 8. The molecular formula is C14H28O. The molecule has 0 aromatic carbocycles. The maximum Gasteiger partial charge on any atom is 0.0612 e. The van der Waals surface area contributed by atoms with Crippen molar-refractivity contribution in [2.75, 3.05) is 6.61 Å². The lowest BCUT2D eigenvalue weighted by Crippen LogP contribution is -2.06. The van der Waals surface area contributed by atoms with Crippen molar-refractivity contribution in [1.82, 2.24) is 0 Å². The summed E-state index contributed by atoms with van der Waals surface area (Å²) in [5.74, 6) is 2.25. The molecule has 15 heavy (non-hydrogen) atoms. The molecule has 0 unspecified atom stereocenters. The molecule has 0 aliphatic heterocycles. The fourth-order valence-corrected chi connectivity index (χ4v) is 2.40. The molecular weight excluding hydrogens is 184 g/mol. The van der Waals surface area contributed by atoms with Crippen LogP contribution in [-0.4, -0.2) is 11.7 Å². The Bertz CT molecular complexity index is 163. The zero-order valence-electron chi connectivity index (χ0n) is 10.9. The van der Waals surface area contributed by atoms with E-state index in [2.05, 4.69) is 33.8 Å². The van der Waals surface area contributed by atoms with E-state index in [9.17, 15) is 0 Å². The lowest BCUT2D eigenvalue weighted by atomic mass is 9.88. The summed E-state index contributed by atoms with van der Waals surface area (Å²) in [6, 6.07) is 0. The van der Waals surface area contributed by atoms with E-state index in [1.165, 1.54) is 25.7 Å². The van der Waals surface area contributed by atoms with Gasteiger partial charge >= 0.3 is 0 Å². The van der Waals surface area contributed by atoms with Gasteiger partial charge in [0, 0.05) is 0 Å². The first-order chi connectivity index (χ1) is 7.10. The Hall–Kier alpha value is -0.300. The molecule has 1 heteroatoms. The largest absolute Gasteiger partial charge is 0.392 e. The van der Waals surface area contributed by atoms with Gasteiger partial charge in [-0.05, 0) is 30.6 Å². The van der Waals surface area contributed by atoms with Gasteiger partial charge in [0.1, 0.15) is 0 Å². The standard InChI is InChI=1S/C14H28O/c1-5-7-12(2)10-14(4)11-13(3)8-6-9-15/h6,8,12-15H,5,7,9-11H2,1-4H3/b8-6+/t12-,13+,14-/m1/s1. The molecule has 0 spiro atoms. The molecule has 0 saturated carbocycles. The second-order valence-electron chi connectivity index (χ2n) is 5.06. The van der Waals surface area contributed by atoms with Crippen molar-refractivity contribution in [3.8, 4) is 0 Å². The summed E-state index contributed by atoms with van der Waals surface area (Å²) < 4.78 is 0. The molecule has 1 N–H and O–H groups in total. The molecule has 0 radical (unpaired) electrons. The maximum absolute atomic E-state index is 8.68. The molecule has 0 aromatic rings. The van der Waals surface area contributed by atoms with Crippen molar-refractivity contribution in [3.05, 3.63) is 12.2 Å². The SMILES string of the molecule is CCC[C@@H](C)C[C@@H](C)C[C@@H](C)/C=C/CO. The van der Waals surface area contributed by atoms with Gasteiger partial charge in [0.2, 0.25) is 0 Å². The minimum Gasteiger partial charge on any atom is -0.392 e. The second-order valence-corrected chi connectivity index (χ2v) is 5.06. The van der Waals surface area contributed by atoms with Crippen molar-refractivity contribution < 1.29 is 5.11 Å². The smallest absolute Gasteiger partial charge is 0.0612 e. The summed E-state index contributed by atoms with van der Waals surface area (Å²) in [5, 5.41) is 8.68. The average Bonchev–Trinajstić information content (AvgIpc) is 2.14. The maximum atomic E-state index is 8.68. The second kappa shape index (κ2) is 8.96. The highest BCUT2D eigenvalue weighted by atomic mass is 16.2. The van der Waals surface area contributed by atoms with Gasteiger partial charge in [-0.1, -0.05) is 52.7 Å². The van der Waals surface area contributed by atoms with Crippen molar-refractivity contribution in [3.63, 3.8) is 0 Å². The molecule has 0 aromatic heterocycles. The Kier molecular flexibility index (Phi) is 8.79. The Morgan fingerprint density at radius 1 is 1.07 bits per heavy atom. The Morgan fingerprint density at radius 2 is 1.73 bits per heavy atom. The molecule has 0 rings (SSSR count). The fraction of sp³-hybridized carbons (Fsp3) is 0.857. The van der Waals surface area contributed by atoms with E-state index in [1.807, 2.05) is 6.08 Å². The molecule has 1 nitrogen and oxygen atoms in total. The molecule has 0 amide bonds. The van der Waals surface area contributed by atoms with Crippen LogP contribution in [0.4, 0.5) is 0 Å². The minimum absolute atomic E-state index is 0.172. The van der Waals surface area contributed by atoms with Crippen LogP contribution in [0.1, 0.15) is 53.4 Å². The van der Waals surface area contributed by atoms with Gasteiger partial charge in [0.25, 0.3) is 0 Å². The van der Waals surface area contributed by atoms with E-state index in [-0.39, 0.29) is 6.61 Å². The summed E-state index contributed by atoms with van der Waals surface area (Å²) in [6.45, 7) is 9.36. The molecule has 3 atom stereocenters. The zero-order chi connectivity index (χ0) is 11.7. The Morgan fingerprint density at radius 3 is 2.27 bits per heavy atom. The van der Waals surface area contributed by atoms with E-state index < -0.39 is 0 Å². The van der Waals surface area contributed by atoms with Crippen molar-refractivity contribution in [2.45, 2.75) is 53.4 Å². The summed E-state index contributed by atoms with van der Waals surface area (Å²) in [4.78, 5) is 0. The van der Waals surface area contributed by atoms with E-state index in [4.69, 9.17) is 5.11 Å². The quantitative estimate of drug-likeness (QED) is 0.602. The fourth-order valence-electron chi connectivity index (χ4n) is 2.40. The predicted octanol–water partition coefficient (Wildman–Crippen LogP) is 4.02. The van der Waals surface area contributed by atoms with E-state index in [0.717, 1.165) is 11.8 Å². The number of hydrogen-bond donors (Lipinski definition) is 1. The van der Waals surface area contributed by atoms with Crippen molar-refractivity contribution in [1.29, 1.82) is 0 Å². The average molecular weight is 212 g/mol. The number of allylic oxidation sites excluding steroid dienone is 1. The van der Waals surface area contributed by atoms with Crippen molar-refractivity contribution in [2.24, 2.45) is 17.8 Å². The minimum atomic E-state index is 0.172. The Balaban J connectivity index is 3.71. The molecule has 0 saturated heterocycles. The third kappa shape index (κ3) is 8.68. The first-order valence-electron chi connectivity index (χ1n) is 6.37. The number of aliphatic hydroxyl groups excluding tert-OH is 1. The predicted molar refractivity (Wildman–Crippen MR) is 67.9 cm³/mol. The monoisotopic (exact) mass is 212 g/mol. The first-order valence-corrected chi connectivity index (χ1v) is 6.37. The van der Waals surface area contributed by atoms with Crippen LogP contribution in [0, 0.1) is 17.8 Å². The van der Waals surface area contributed by atoms with Crippen LogP contribution in [0.2, 0.25) is 0 Å². The zero-order valence-corrected chi connectivity index (χ0v) is 10.9. The third-order valence-corrected chi connectivity index (χ3v) is 2.93. The van der Waals surface area contributed by atoms with E-state index >= 15 is 0 Å². The molecule has 0 aliphatic carbocycles. The lowest BCUT2D eigenvalue weighted by Gasteiger charge is -2.18. The molecule has 0 fully saturated rings. The molecule has 0 heterocycles. The number of aliphatic hydroxyl groups is 1. The molecule has 0 aliphatic rings.